The molecule has 3 rings (SSSR count). The van der Waals surface area contributed by atoms with Crippen LogP contribution in [0.5, 0.6) is 0 Å². The van der Waals surface area contributed by atoms with Crippen molar-refractivity contribution < 1.29 is 8.42 Å². The normalized spacial score (nSPS) is 14.7. The van der Waals surface area contributed by atoms with Gasteiger partial charge in [0.15, 0.2) is 0 Å². The van der Waals surface area contributed by atoms with Crippen molar-refractivity contribution in [2.45, 2.75) is 34.1 Å². The second-order valence-corrected chi connectivity index (χ2v) is 10.7. The van der Waals surface area contributed by atoms with Crippen LogP contribution in [0.3, 0.4) is 0 Å². The predicted molar refractivity (Wildman–Crippen MR) is 123 cm³/mol. The van der Waals surface area contributed by atoms with E-state index in [9.17, 15) is 18.9 Å². The van der Waals surface area contributed by atoms with E-state index in [1.54, 1.807) is 48.5 Å². The maximum absolute atomic E-state index is 13.8. The number of benzene rings is 3. The first-order chi connectivity index (χ1) is 15.0. The molecule has 3 aromatic rings. The Morgan fingerprint density at radius 1 is 0.677 bits per heavy atom. The van der Waals surface area contributed by atoms with Crippen molar-refractivity contribution in [1.29, 1.82) is 10.5 Å². The lowest BCUT2D eigenvalue weighted by Gasteiger charge is -2.27. The van der Waals surface area contributed by atoms with Crippen molar-refractivity contribution in [3.05, 3.63) is 95.6 Å². The van der Waals surface area contributed by atoms with Crippen LogP contribution in [-0.4, -0.2) is 13.0 Å². The first-order valence-corrected chi connectivity index (χ1v) is 12.2. The van der Waals surface area contributed by atoms with Crippen molar-refractivity contribution in [3.63, 3.8) is 0 Å². The summed E-state index contributed by atoms with van der Waals surface area (Å²) in [6.45, 7) is 3.87. The van der Waals surface area contributed by atoms with Crippen LogP contribution < -0.4 is 0 Å². The van der Waals surface area contributed by atoms with Gasteiger partial charge in [0.2, 0.25) is 0 Å². The Morgan fingerprint density at radius 3 is 1.48 bits per heavy atom. The Hall–Kier alpha value is -3.06. The second kappa shape index (κ2) is 10.3. The third-order valence-corrected chi connectivity index (χ3v) is 9.00. The lowest BCUT2D eigenvalue weighted by atomic mass is 9.89. The highest BCUT2D eigenvalue weighted by molar-refractivity contribution is 8.03. The Balaban J connectivity index is 2.19. The molecule has 0 radical (unpaired) electrons. The van der Waals surface area contributed by atoms with E-state index in [-0.39, 0.29) is 0 Å². The molecule has 3 atom stereocenters. The minimum Gasteiger partial charge on any atom is -0.253 e. The summed E-state index contributed by atoms with van der Waals surface area (Å²) in [4.78, 5) is 1.04. The van der Waals surface area contributed by atoms with E-state index in [1.165, 1.54) is 0 Å². The summed E-state index contributed by atoms with van der Waals surface area (Å²) in [6.07, 6.45) is 0. The first kappa shape index (κ1) is 22.6. The monoisotopic (exact) mass is 446 g/mol. The molecule has 0 aliphatic heterocycles. The molecule has 4 nitrogen and oxygen atoms in total. The molecular weight excluding hydrogens is 424 g/mol. The molecule has 0 aliphatic carbocycles. The van der Waals surface area contributed by atoms with Crippen LogP contribution >= 0.6 is 0 Å². The van der Waals surface area contributed by atoms with Crippen LogP contribution in [-0.2, 0) is 21.6 Å². The van der Waals surface area contributed by atoms with Gasteiger partial charge in [0.1, 0.15) is 10.5 Å². The average molecular weight is 447 g/mol. The smallest absolute Gasteiger partial charge is 0.142 e. The average Bonchev–Trinajstić information content (AvgIpc) is 2.80. The number of rotatable bonds is 7. The van der Waals surface area contributed by atoms with E-state index in [4.69, 9.17) is 0 Å². The highest BCUT2D eigenvalue weighted by Crippen LogP contribution is 2.36. The lowest BCUT2D eigenvalue weighted by molar-refractivity contribution is 0.612. The molecular formula is C25H22N2O2S2. The molecule has 0 heterocycles. The van der Waals surface area contributed by atoms with Crippen LogP contribution in [0, 0.1) is 42.4 Å². The second-order valence-electron chi connectivity index (χ2n) is 7.26. The van der Waals surface area contributed by atoms with Crippen molar-refractivity contribution >= 4 is 21.6 Å². The van der Waals surface area contributed by atoms with Crippen LogP contribution in [0.2, 0.25) is 0 Å². The summed E-state index contributed by atoms with van der Waals surface area (Å²) in [7, 11) is -3.44. The topological polar surface area (TPSA) is 81.7 Å². The molecule has 3 aromatic carbocycles. The van der Waals surface area contributed by atoms with Crippen molar-refractivity contribution in [2.24, 2.45) is 5.92 Å². The summed E-state index contributed by atoms with van der Waals surface area (Å²) < 4.78 is 26.6. The molecule has 0 N–H and O–H groups in total. The van der Waals surface area contributed by atoms with E-state index < -0.39 is 38.0 Å². The molecule has 0 aromatic heterocycles. The van der Waals surface area contributed by atoms with Crippen molar-refractivity contribution in [1.82, 2.24) is 0 Å². The highest BCUT2D eigenvalue weighted by Gasteiger charge is 2.40. The maximum atomic E-state index is 13.8. The van der Waals surface area contributed by atoms with E-state index in [0.29, 0.717) is 15.4 Å². The third-order valence-electron chi connectivity index (χ3n) is 5.04. The van der Waals surface area contributed by atoms with Crippen molar-refractivity contribution in [2.75, 3.05) is 0 Å². The van der Waals surface area contributed by atoms with Gasteiger partial charge >= 0.3 is 0 Å². The Labute approximate surface area is 188 Å². The molecule has 0 saturated heterocycles. The van der Waals surface area contributed by atoms with Crippen LogP contribution in [0.1, 0.15) is 22.6 Å². The summed E-state index contributed by atoms with van der Waals surface area (Å²) in [6, 6.07) is 27.5. The van der Waals surface area contributed by atoms with Gasteiger partial charge in [-0.05, 0) is 43.7 Å². The van der Waals surface area contributed by atoms with Gasteiger partial charge in [0.05, 0.1) is 33.7 Å². The van der Waals surface area contributed by atoms with E-state index >= 15 is 0 Å². The number of aryl methyl sites for hydroxylation is 2. The standard InChI is InChI=1S/C25H22N2O2S2/c1-18-8-12-22(13-9-18)30(28)25(31(29)23-14-10-19(2)11-15-23)24(21(16-26)17-27)20-6-4-3-5-7-20/h3-15,21,24-25H,1-2H3/t24-,25?,30?,31?/m0/s1. The maximum Gasteiger partial charge on any atom is 0.142 e. The third kappa shape index (κ3) is 5.17. The molecule has 2 unspecified atom stereocenters. The van der Waals surface area contributed by atoms with Crippen LogP contribution in [0.15, 0.2) is 88.7 Å². The largest absolute Gasteiger partial charge is 0.253 e. The van der Waals surface area contributed by atoms with Crippen LogP contribution in [0.4, 0.5) is 0 Å². The molecule has 6 heteroatoms. The van der Waals surface area contributed by atoms with E-state index in [1.807, 2.05) is 56.3 Å². The molecule has 31 heavy (non-hydrogen) atoms. The molecule has 0 fully saturated rings. The number of hydrogen-bond donors (Lipinski definition) is 0. The van der Waals surface area contributed by atoms with Gasteiger partial charge in [-0.3, -0.25) is 8.42 Å². The van der Waals surface area contributed by atoms with Gasteiger partial charge in [-0.1, -0.05) is 65.7 Å². The lowest BCUT2D eigenvalue weighted by Crippen LogP contribution is -2.33. The Kier molecular flexibility index (Phi) is 7.52. The fourth-order valence-corrected chi connectivity index (χ4v) is 7.14. The van der Waals surface area contributed by atoms with Gasteiger partial charge in [-0.25, -0.2) is 0 Å². The quantitative estimate of drug-likeness (QED) is 0.512. The fourth-order valence-electron chi connectivity index (χ4n) is 3.33. The summed E-state index contributed by atoms with van der Waals surface area (Å²) in [5.41, 5.74) is 2.70. The van der Waals surface area contributed by atoms with E-state index in [2.05, 4.69) is 0 Å². The van der Waals surface area contributed by atoms with Gasteiger partial charge < -0.3 is 0 Å². The zero-order valence-electron chi connectivity index (χ0n) is 17.3. The Morgan fingerprint density at radius 2 is 1.10 bits per heavy atom. The van der Waals surface area contributed by atoms with Crippen molar-refractivity contribution in [3.8, 4) is 12.1 Å². The molecule has 0 bridgehead atoms. The molecule has 0 amide bonds. The molecule has 0 saturated carbocycles. The zero-order valence-corrected chi connectivity index (χ0v) is 18.9. The van der Waals surface area contributed by atoms with Gasteiger partial charge in [0, 0.05) is 15.7 Å². The number of nitrogens with zero attached hydrogens (tertiary/aromatic N) is 2. The molecule has 0 aliphatic rings. The summed E-state index contributed by atoms with van der Waals surface area (Å²) in [5, 5.41) is 19.4. The van der Waals surface area contributed by atoms with Gasteiger partial charge in [-0.15, -0.1) is 0 Å². The van der Waals surface area contributed by atoms with Crippen LogP contribution in [0.25, 0.3) is 0 Å². The molecule has 156 valence electrons. The van der Waals surface area contributed by atoms with Gasteiger partial charge in [0.25, 0.3) is 0 Å². The minimum absolute atomic E-state index is 0.520. The van der Waals surface area contributed by atoms with E-state index in [0.717, 1.165) is 11.1 Å². The minimum atomic E-state index is -1.72. The Bertz CT molecular complexity index is 1090. The number of nitriles is 2. The summed E-state index contributed by atoms with van der Waals surface area (Å²) >= 11 is 0. The molecule has 0 spiro atoms. The SMILES string of the molecule is Cc1ccc(S(=O)C([C@@H](c2ccccc2)C(C#N)C#N)S(=O)c2ccc(C)cc2)cc1. The highest BCUT2D eigenvalue weighted by atomic mass is 32.2. The first-order valence-electron chi connectivity index (χ1n) is 9.75. The zero-order chi connectivity index (χ0) is 22.4. The number of hydrogen-bond acceptors (Lipinski definition) is 4. The van der Waals surface area contributed by atoms with Gasteiger partial charge in [-0.2, -0.15) is 10.5 Å². The predicted octanol–water partition coefficient (Wildman–Crippen LogP) is 4.99. The summed E-state index contributed by atoms with van der Waals surface area (Å²) in [5.74, 6) is -1.89. The fraction of sp³-hybridized carbons (Fsp3) is 0.200.